The molecule has 5 heteroatoms. The molecule has 0 radical (unpaired) electrons. The topological polar surface area (TPSA) is 30.7 Å². The summed E-state index contributed by atoms with van der Waals surface area (Å²) in [6.07, 6.45) is 2.69. The zero-order valence-electron chi connectivity index (χ0n) is 8.82. The highest BCUT2D eigenvalue weighted by molar-refractivity contribution is 9.10. The summed E-state index contributed by atoms with van der Waals surface area (Å²) in [5.41, 5.74) is 0.854. The fraction of sp³-hybridized carbons (Fsp3) is 0.273. The van der Waals surface area contributed by atoms with Crippen molar-refractivity contribution < 1.29 is 4.39 Å². The van der Waals surface area contributed by atoms with Crippen LogP contribution in [0, 0.1) is 5.82 Å². The molecule has 16 heavy (non-hydrogen) atoms. The maximum atomic E-state index is 13.0. The second-order valence-corrected chi connectivity index (χ2v) is 4.33. The monoisotopic (exact) mass is 283 g/mol. The fourth-order valence-electron chi connectivity index (χ4n) is 1.54. The molecule has 2 aromatic rings. The number of nitrogens with zero attached hydrogens (tertiary/aromatic N) is 3. The molecule has 0 saturated carbocycles. The minimum absolute atomic E-state index is 0.266. The molecule has 0 N–H and O–H groups in total. The smallest absolute Gasteiger partial charge is 0.164 e. The maximum Gasteiger partial charge on any atom is 0.164 e. The predicted molar refractivity (Wildman–Crippen MR) is 63.4 cm³/mol. The van der Waals surface area contributed by atoms with E-state index in [4.69, 9.17) is 0 Å². The van der Waals surface area contributed by atoms with E-state index in [1.807, 2.05) is 4.57 Å². The summed E-state index contributed by atoms with van der Waals surface area (Å²) in [6.45, 7) is 2.94. The van der Waals surface area contributed by atoms with Gasteiger partial charge in [0.2, 0.25) is 0 Å². The van der Waals surface area contributed by atoms with E-state index in [1.165, 1.54) is 12.1 Å². The molecule has 0 amide bonds. The summed E-state index contributed by atoms with van der Waals surface area (Å²) in [4.78, 5) is 0. The zero-order valence-corrected chi connectivity index (χ0v) is 10.4. The number of hydrogen-bond acceptors (Lipinski definition) is 2. The van der Waals surface area contributed by atoms with Gasteiger partial charge in [-0.3, -0.25) is 0 Å². The van der Waals surface area contributed by atoms with Crippen molar-refractivity contribution >= 4 is 15.9 Å². The van der Waals surface area contributed by atoms with Gasteiger partial charge in [0.1, 0.15) is 12.1 Å². The molecule has 3 nitrogen and oxygen atoms in total. The normalized spacial score (nSPS) is 10.7. The quantitative estimate of drug-likeness (QED) is 0.866. The van der Waals surface area contributed by atoms with Crippen LogP contribution >= 0.6 is 15.9 Å². The van der Waals surface area contributed by atoms with Crippen molar-refractivity contribution in [1.29, 1.82) is 0 Å². The molecular formula is C11H11BrFN3. The van der Waals surface area contributed by atoms with Crippen molar-refractivity contribution in [3.05, 3.63) is 34.8 Å². The number of aromatic nitrogens is 3. The summed E-state index contributed by atoms with van der Waals surface area (Å²) in [5.74, 6) is 0.492. The first-order valence-electron chi connectivity index (χ1n) is 5.05. The minimum atomic E-state index is -0.266. The largest absolute Gasteiger partial charge is 0.314 e. The first-order chi connectivity index (χ1) is 7.72. The van der Waals surface area contributed by atoms with Crippen LogP contribution in [0.4, 0.5) is 4.39 Å². The lowest BCUT2D eigenvalue weighted by Gasteiger charge is -2.06. The Labute approximate surface area is 101 Å². The predicted octanol–water partition coefficient (Wildman–Crippen LogP) is 3.26. The van der Waals surface area contributed by atoms with Crippen LogP contribution in [0.5, 0.6) is 0 Å². The molecule has 0 saturated heterocycles. The van der Waals surface area contributed by atoms with Crippen LogP contribution in [0.15, 0.2) is 29.0 Å². The van der Waals surface area contributed by atoms with Crippen LogP contribution in [-0.2, 0) is 6.54 Å². The molecule has 1 aromatic carbocycles. The van der Waals surface area contributed by atoms with Gasteiger partial charge in [0.05, 0.1) is 0 Å². The van der Waals surface area contributed by atoms with Crippen LogP contribution in [0.1, 0.15) is 13.3 Å². The summed E-state index contributed by atoms with van der Waals surface area (Å²) >= 11 is 3.33. The van der Waals surface area contributed by atoms with E-state index in [0.717, 1.165) is 24.4 Å². The van der Waals surface area contributed by atoms with Crippen LogP contribution in [-0.4, -0.2) is 14.8 Å². The van der Waals surface area contributed by atoms with E-state index in [9.17, 15) is 4.39 Å². The Morgan fingerprint density at radius 1 is 1.44 bits per heavy atom. The van der Waals surface area contributed by atoms with E-state index in [1.54, 1.807) is 12.4 Å². The van der Waals surface area contributed by atoms with Crippen molar-refractivity contribution in [2.45, 2.75) is 19.9 Å². The number of aryl methyl sites for hydroxylation is 1. The lowest BCUT2D eigenvalue weighted by molar-refractivity contribution is 0.627. The molecule has 0 aliphatic heterocycles. The van der Waals surface area contributed by atoms with Crippen LogP contribution in [0.2, 0.25) is 0 Å². The van der Waals surface area contributed by atoms with Gasteiger partial charge in [0, 0.05) is 16.6 Å². The number of hydrogen-bond donors (Lipinski definition) is 0. The second kappa shape index (κ2) is 4.74. The van der Waals surface area contributed by atoms with E-state index >= 15 is 0 Å². The molecule has 0 spiro atoms. The highest BCUT2D eigenvalue weighted by Crippen LogP contribution is 2.27. The lowest BCUT2D eigenvalue weighted by Crippen LogP contribution is -1.98. The summed E-state index contributed by atoms with van der Waals surface area (Å²) in [5, 5.41) is 7.94. The van der Waals surface area contributed by atoms with E-state index in [2.05, 4.69) is 33.1 Å². The number of rotatable bonds is 3. The minimum Gasteiger partial charge on any atom is -0.314 e. The molecule has 0 fully saturated rings. The van der Waals surface area contributed by atoms with E-state index in [-0.39, 0.29) is 5.82 Å². The third-order valence-corrected chi connectivity index (χ3v) is 2.91. The molecule has 2 rings (SSSR count). The van der Waals surface area contributed by atoms with Gasteiger partial charge in [0.25, 0.3) is 0 Å². The van der Waals surface area contributed by atoms with E-state index in [0.29, 0.717) is 4.47 Å². The third-order valence-electron chi connectivity index (χ3n) is 2.25. The Kier molecular flexibility index (Phi) is 3.33. The molecule has 1 aromatic heterocycles. The molecule has 0 bridgehead atoms. The molecule has 0 unspecified atom stereocenters. The Morgan fingerprint density at radius 2 is 2.25 bits per heavy atom. The van der Waals surface area contributed by atoms with Gasteiger partial charge in [0.15, 0.2) is 5.82 Å². The van der Waals surface area contributed by atoms with Gasteiger partial charge in [-0.2, -0.15) is 0 Å². The van der Waals surface area contributed by atoms with Gasteiger partial charge in [-0.1, -0.05) is 6.92 Å². The number of benzene rings is 1. The standard InChI is InChI=1S/C11H11BrFN3/c1-2-5-16-7-14-15-11(16)9-4-3-8(13)6-10(9)12/h3-4,6-7H,2,5H2,1H3. The van der Waals surface area contributed by atoms with Crippen LogP contribution in [0.25, 0.3) is 11.4 Å². The Balaban J connectivity index is 2.46. The fourth-order valence-corrected chi connectivity index (χ4v) is 2.07. The molecule has 84 valence electrons. The number of halogens is 2. The lowest BCUT2D eigenvalue weighted by atomic mass is 10.2. The maximum absolute atomic E-state index is 13.0. The second-order valence-electron chi connectivity index (χ2n) is 3.47. The van der Waals surface area contributed by atoms with Crippen LogP contribution in [0.3, 0.4) is 0 Å². The average Bonchev–Trinajstić information content (AvgIpc) is 2.67. The Bertz CT molecular complexity index is 496. The van der Waals surface area contributed by atoms with Gasteiger partial charge in [-0.25, -0.2) is 4.39 Å². The third kappa shape index (κ3) is 2.14. The summed E-state index contributed by atoms with van der Waals surface area (Å²) in [6, 6.07) is 4.56. The molecular weight excluding hydrogens is 273 g/mol. The average molecular weight is 284 g/mol. The Morgan fingerprint density at radius 3 is 2.94 bits per heavy atom. The van der Waals surface area contributed by atoms with Crippen molar-refractivity contribution in [3.8, 4) is 11.4 Å². The first kappa shape index (κ1) is 11.3. The van der Waals surface area contributed by atoms with Gasteiger partial charge < -0.3 is 4.57 Å². The van der Waals surface area contributed by atoms with Gasteiger partial charge >= 0.3 is 0 Å². The van der Waals surface area contributed by atoms with Crippen molar-refractivity contribution in [1.82, 2.24) is 14.8 Å². The molecule has 0 aliphatic rings. The van der Waals surface area contributed by atoms with Crippen molar-refractivity contribution in [2.75, 3.05) is 0 Å². The van der Waals surface area contributed by atoms with Gasteiger partial charge in [-0.15, -0.1) is 10.2 Å². The van der Waals surface area contributed by atoms with Crippen molar-refractivity contribution in [3.63, 3.8) is 0 Å². The van der Waals surface area contributed by atoms with Crippen LogP contribution < -0.4 is 0 Å². The molecule has 0 atom stereocenters. The SMILES string of the molecule is CCCn1cnnc1-c1ccc(F)cc1Br. The highest BCUT2D eigenvalue weighted by atomic mass is 79.9. The highest BCUT2D eigenvalue weighted by Gasteiger charge is 2.10. The van der Waals surface area contributed by atoms with Crippen molar-refractivity contribution in [2.24, 2.45) is 0 Å². The first-order valence-corrected chi connectivity index (χ1v) is 5.85. The van der Waals surface area contributed by atoms with Gasteiger partial charge in [-0.05, 0) is 40.5 Å². The molecule has 1 heterocycles. The summed E-state index contributed by atoms with van der Waals surface area (Å²) in [7, 11) is 0. The van der Waals surface area contributed by atoms with E-state index < -0.39 is 0 Å². The summed E-state index contributed by atoms with van der Waals surface area (Å²) < 4.78 is 15.6. The zero-order chi connectivity index (χ0) is 11.5. The Hall–Kier alpha value is -1.23. The molecule has 0 aliphatic carbocycles.